The van der Waals surface area contributed by atoms with Gasteiger partial charge in [-0.05, 0) is 34.7 Å². The van der Waals surface area contributed by atoms with Crippen molar-refractivity contribution in [2.24, 2.45) is 5.92 Å². The molecule has 0 aromatic rings. The van der Waals surface area contributed by atoms with Crippen molar-refractivity contribution in [2.45, 2.75) is 115 Å². The molecule has 1 N–H and O–H groups in total. The number of hydrogen-bond acceptors (Lipinski definition) is 1. The van der Waals surface area contributed by atoms with Gasteiger partial charge in [-0.2, -0.15) is 0 Å². The quantitative estimate of drug-likeness (QED) is 0.556. The maximum Gasteiger partial charge on any atom is 0.0340 e. The Morgan fingerprint density at radius 1 is 0.818 bits per heavy atom. The summed E-state index contributed by atoms with van der Waals surface area (Å²) in [5.74, 6) is 0.722. The molecule has 3 heteroatoms. The average molecular weight is 346 g/mol. The Labute approximate surface area is 142 Å². The third-order valence-corrected chi connectivity index (χ3v) is 11.7. The second-order valence-corrected chi connectivity index (χ2v) is 17.1. The van der Waals surface area contributed by atoms with Crippen molar-refractivity contribution in [3.05, 3.63) is 0 Å². The van der Waals surface area contributed by atoms with E-state index in [1.807, 2.05) is 0 Å². The molecule has 1 aliphatic rings. The number of rotatable bonds is 3. The van der Waals surface area contributed by atoms with Gasteiger partial charge in [-0.25, -0.2) is 0 Å². The van der Waals surface area contributed by atoms with E-state index < -0.39 is 8.15 Å². The van der Waals surface area contributed by atoms with Crippen molar-refractivity contribution in [3.8, 4) is 0 Å². The fraction of sp³-hybridized carbons (Fsp3) is 1.00. The van der Waals surface area contributed by atoms with Crippen LogP contribution in [0, 0.1) is 5.92 Å². The van der Waals surface area contributed by atoms with E-state index in [1.165, 1.54) is 19.3 Å². The van der Waals surface area contributed by atoms with Gasteiger partial charge in [0.25, 0.3) is 0 Å². The van der Waals surface area contributed by atoms with Gasteiger partial charge in [-0.1, -0.05) is 83.6 Å². The molecule has 132 valence electrons. The highest BCUT2D eigenvalue weighted by Gasteiger charge is 2.47. The van der Waals surface area contributed by atoms with Crippen molar-refractivity contribution in [2.75, 3.05) is 0 Å². The summed E-state index contributed by atoms with van der Waals surface area (Å²) in [4.78, 5) is 11.0. The first kappa shape index (κ1) is 20.9. The van der Waals surface area contributed by atoms with Gasteiger partial charge in [-0.3, -0.25) is 0 Å². The van der Waals surface area contributed by atoms with E-state index >= 15 is 0 Å². The monoisotopic (exact) mass is 346 g/mol. The lowest BCUT2D eigenvalue weighted by Gasteiger charge is -2.49. The fourth-order valence-corrected chi connectivity index (χ4v) is 12.3. The van der Waals surface area contributed by atoms with Crippen molar-refractivity contribution >= 4 is 16.1 Å². The second-order valence-electron chi connectivity index (χ2n) is 10.1. The molecule has 0 heterocycles. The Balaban J connectivity index is 3.06. The van der Waals surface area contributed by atoms with Gasteiger partial charge in [0.15, 0.2) is 0 Å². The zero-order chi connectivity index (χ0) is 17.5. The lowest BCUT2D eigenvalue weighted by molar-refractivity contribution is 0.483. The van der Waals surface area contributed by atoms with Crippen LogP contribution in [-0.4, -0.2) is 31.7 Å². The minimum atomic E-state index is -0.881. The van der Waals surface area contributed by atoms with Crippen LogP contribution < -0.4 is 0 Å². The molecule has 4 atom stereocenters. The first-order valence-electron chi connectivity index (χ1n) is 8.95. The molecule has 3 unspecified atom stereocenters. The van der Waals surface area contributed by atoms with Gasteiger partial charge in [0.05, 0.1) is 0 Å². The topological polar surface area (TPSA) is 20.2 Å². The predicted octanol–water partition coefficient (Wildman–Crippen LogP) is 6.81. The fourth-order valence-electron chi connectivity index (χ4n) is 4.75. The van der Waals surface area contributed by atoms with Crippen LogP contribution in [0.15, 0.2) is 0 Å². The summed E-state index contributed by atoms with van der Waals surface area (Å²) in [5, 5.41) is 0.814. The van der Waals surface area contributed by atoms with Crippen molar-refractivity contribution < 1.29 is 4.89 Å². The van der Waals surface area contributed by atoms with Crippen molar-refractivity contribution in [1.29, 1.82) is 0 Å². The number of hydrogen-bond donors (Lipinski definition) is 1. The van der Waals surface area contributed by atoms with E-state index in [1.54, 1.807) is 0 Å². The summed E-state index contributed by atoms with van der Waals surface area (Å²) in [7, 11) is -0.984. The molecule has 0 bridgehead atoms. The van der Waals surface area contributed by atoms with Crippen LogP contribution in [0.5, 0.6) is 0 Å². The highest BCUT2D eigenvalue weighted by atomic mass is 31.1. The molecular formula is C19H40OP2. The van der Waals surface area contributed by atoms with Crippen molar-refractivity contribution in [1.82, 2.24) is 0 Å². The summed E-state index contributed by atoms with van der Waals surface area (Å²) >= 11 is 0. The SMILES string of the molecule is C[C@H](C1CCCC1P(O)C(C)(C)C)P(C(C)(C)C)C(C)(C)C. The van der Waals surface area contributed by atoms with Crippen LogP contribution in [0.1, 0.15) is 88.5 Å². The van der Waals surface area contributed by atoms with Gasteiger partial charge in [0.2, 0.25) is 0 Å². The van der Waals surface area contributed by atoms with Gasteiger partial charge in [0, 0.05) is 19.0 Å². The summed E-state index contributed by atoms with van der Waals surface area (Å²) in [6, 6.07) is 0. The summed E-state index contributed by atoms with van der Waals surface area (Å²) < 4.78 is 0. The molecule has 22 heavy (non-hydrogen) atoms. The largest absolute Gasteiger partial charge is 0.373 e. The molecule has 0 aliphatic heterocycles. The van der Waals surface area contributed by atoms with Gasteiger partial charge in [-0.15, -0.1) is 0 Å². The van der Waals surface area contributed by atoms with Gasteiger partial charge in [0.1, 0.15) is 0 Å². The van der Waals surface area contributed by atoms with Crippen molar-refractivity contribution in [3.63, 3.8) is 0 Å². The smallest absolute Gasteiger partial charge is 0.0340 e. The predicted molar refractivity (Wildman–Crippen MR) is 106 cm³/mol. The molecule has 1 aliphatic carbocycles. The lowest BCUT2D eigenvalue weighted by Crippen LogP contribution is -2.36. The highest BCUT2D eigenvalue weighted by Crippen LogP contribution is 2.68. The van der Waals surface area contributed by atoms with Gasteiger partial charge < -0.3 is 4.89 Å². The minimum absolute atomic E-state index is 0.0640. The average Bonchev–Trinajstić information content (AvgIpc) is 2.70. The van der Waals surface area contributed by atoms with Crippen LogP contribution >= 0.6 is 16.1 Å². The zero-order valence-electron chi connectivity index (χ0n) is 16.7. The summed E-state index contributed by atoms with van der Waals surface area (Å²) in [6.07, 6.45) is 3.88. The van der Waals surface area contributed by atoms with Crippen LogP contribution in [0.3, 0.4) is 0 Å². The zero-order valence-corrected chi connectivity index (χ0v) is 18.5. The lowest BCUT2D eigenvalue weighted by atomic mass is 10.0. The standard InChI is InChI=1S/C19H40OP2/c1-14(21(17(2,3)4)18(5,6)7)15-12-11-13-16(15)22(20)19(8,9)10/h14-16,20H,11-13H2,1-10H3/t14-,15?,16?,22?/m1/s1. The Hall–Kier alpha value is 0.820. The van der Waals surface area contributed by atoms with E-state index in [-0.39, 0.29) is 13.1 Å². The molecule has 1 saturated carbocycles. The molecule has 1 rings (SSSR count). The third-order valence-electron chi connectivity index (χ3n) is 5.01. The molecule has 1 fully saturated rings. The third kappa shape index (κ3) is 4.91. The molecule has 0 aromatic heterocycles. The maximum atomic E-state index is 11.0. The Morgan fingerprint density at radius 2 is 1.27 bits per heavy atom. The Bertz CT molecular complexity index is 345. The summed E-state index contributed by atoms with van der Waals surface area (Å²) in [5.41, 5.74) is 1.29. The molecule has 0 spiro atoms. The van der Waals surface area contributed by atoms with Crippen LogP contribution in [0.4, 0.5) is 0 Å². The van der Waals surface area contributed by atoms with Crippen LogP contribution in [0.25, 0.3) is 0 Å². The van der Waals surface area contributed by atoms with E-state index in [0.29, 0.717) is 16.0 Å². The Kier molecular flexibility index (Phi) is 6.62. The minimum Gasteiger partial charge on any atom is -0.373 e. The normalized spacial score (nSPS) is 27.3. The van der Waals surface area contributed by atoms with E-state index in [4.69, 9.17) is 0 Å². The molecule has 1 nitrogen and oxygen atoms in total. The first-order chi connectivity index (χ1) is 9.67. The molecule has 0 amide bonds. The molecule has 0 aromatic carbocycles. The summed E-state index contributed by atoms with van der Waals surface area (Å²) in [6.45, 7) is 23.7. The molecule has 0 radical (unpaired) electrons. The highest BCUT2D eigenvalue weighted by molar-refractivity contribution is 7.61. The maximum absolute atomic E-state index is 11.0. The Morgan fingerprint density at radius 3 is 1.64 bits per heavy atom. The van der Waals surface area contributed by atoms with E-state index in [0.717, 1.165) is 11.6 Å². The second kappa shape index (κ2) is 6.98. The van der Waals surface area contributed by atoms with Crippen LogP contribution in [0.2, 0.25) is 0 Å². The first-order valence-corrected chi connectivity index (χ1v) is 11.7. The van der Waals surface area contributed by atoms with E-state index in [9.17, 15) is 4.89 Å². The molecular weight excluding hydrogens is 306 g/mol. The molecule has 0 saturated heterocycles. The van der Waals surface area contributed by atoms with E-state index in [2.05, 4.69) is 69.2 Å². The van der Waals surface area contributed by atoms with Gasteiger partial charge >= 0.3 is 0 Å². The van der Waals surface area contributed by atoms with Crippen LogP contribution in [-0.2, 0) is 0 Å².